The second-order valence-corrected chi connectivity index (χ2v) is 5.06. The van der Waals surface area contributed by atoms with Crippen molar-refractivity contribution < 1.29 is 14.3 Å². The van der Waals surface area contributed by atoms with Crippen LogP contribution in [0.5, 0.6) is 0 Å². The third kappa shape index (κ3) is 4.94. The molecular weight excluding hydrogens is 258 g/mol. The number of hydrogen-bond acceptors (Lipinski definition) is 4. The van der Waals surface area contributed by atoms with Crippen LogP contribution in [0.4, 0.5) is 0 Å². The fourth-order valence-corrected chi connectivity index (χ4v) is 2.22. The topological polar surface area (TPSA) is 65.4 Å². The predicted octanol–water partition coefficient (Wildman–Crippen LogP) is 0.665. The molecule has 0 saturated carbocycles. The van der Waals surface area contributed by atoms with Crippen LogP contribution in [-0.4, -0.2) is 47.9 Å². The molecular formula is C14H23N3O3. The first-order valence-electron chi connectivity index (χ1n) is 7.18. The fraction of sp³-hybridized carbons (Fsp3) is 0.714. The first-order chi connectivity index (χ1) is 9.75. The molecule has 6 heteroatoms. The summed E-state index contributed by atoms with van der Waals surface area (Å²) in [6.45, 7) is 1.99. The lowest BCUT2D eigenvalue weighted by atomic mass is 10.1. The average molecular weight is 281 g/mol. The molecule has 2 rings (SSSR count). The number of rotatable bonds is 7. The van der Waals surface area contributed by atoms with Gasteiger partial charge in [-0.2, -0.15) is 0 Å². The number of amides is 1. The second kappa shape index (κ2) is 8.01. The number of nitrogens with zero attached hydrogens (tertiary/aromatic N) is 2. The van der Waals surface area contributed by atoms with Crippen LogP contribution in [-0.2, 0) is 27.7 Å². The second-order valence-electron chi connectivity index (χ2n) is 5.06. The summed E-state index contributed by atoms with van der Waals surface area (Å²) in [4.78, 5) is 15.8. The Morgan fingerprint density at radius 1 is 1.60 bits per heavy atom. The SMILES string of the molecule is Cn1ccnc1CCNC(=O)COC[C@H]1CCCCO1. The zero-order valence-electron chi connectivity index (χ0n) is 12.0. The molecule has 1 aliphatic heterocycles. The lowest BCUT2D eigenvalue weighted by molar-refractivity contribution is -0.127. The van der Waals surface area contributed by atoms with E-state index in [1.165, 1.54) is 6.42 Å². The molecule has 1 N–H and O–H groups in total. The van der Waals surface area contributed by atoms with Crippen molar-refractivity contribution in [3.63, 3.8) is 0 Å². The summed E-state index contributed by atoms with van der Waals surface area (Å²) in [6.07, 6.45) is 7.87. The number of ether oxygens (including phenoxy) is 2. The highest BCUT2D eigenvalue weighted by atomic mass is 16.5. The number of aryl methyl sites for hydroxylation is 1. The van der Waals surface area contributed by atoms with Crippen LogP contribution < -0.4 is 5.32 Å². The molecule has 20 heavy (non-hydrogen) atoms. The van der Waals surface area contributed by atoms with E-state index in [4.69, 9.17) is 9.47 Å². The van der Waals surface area contributed by atoms with E-state index in [1.807, 2.05) is 17.8 Å². The molecule has 1 atom stereocenters. The molecule has 1 amide bonds. The van der Waals surface area contributed by atoms with Crippen LogP contribution in [0.3, 0.4) is 0 Å². The molecule has 1 aliphatic rings. The number of hydrogen-bond donors (Lipinski definition) is 1. The highest BCUT2D eigenvalue weighted by Crippen LogP contribution is 2.12. The van der Waals surface area contributed by atoms with Crippen molar-refractivity contribution in [1.29, 1.82) is 0 Å². The van der Waals surface area contributed by atoms with E-state index in [9.17, 15) is 4.79 Å². The van der Waals surface area contributed by atoms with Crippen molar-refractivity contribution in [2.45, 2.75) is 31.8 Å². The van der Waals surface area contributed by atoms with E-state index in [-0.39, 0.29) is 18.6 Å². The van der Waals surface area contributed by atoms with E-state index >= 15 is 0 Å². The summed E-state index contributed by atoms with van der Waals surface area (Å²) in [5, 5.41) is 2.83. The molecule has 0 aliphatic carbocycles. The van der Waals surface area contributed by atoms with Crippen LogP contribution in [0, 0.1) is 0 Å². The smallest absolute Gasteiger partial charge is 0.246 e. The van der Waals surface area contributed by atoms with E-state index in [0.717, 1.165) is 31.7 Å². The van der Waals surface area contributed by atoms with Gasteiger partial charge in [-0.05, 0) is 19.3 Å². The third-order valence-corrected chi connectivity index (χ3v) is 3.40. The van der Waals surface area contributed by atoms with Gasteiger partial charge in [-0.3, -0.25) is 4.79 Å². The molecule has 0 aromatic carbocycles. The Hall–Kier alpha value is -1.40. The first kappa shape index (κ1) is 15.0. The van der Waals surface area contributed by atoms with Crippen LogP contribution in [0.1, 0.15) is 25.1 Å². The van der Waals surface area contributed by atoms with Crippen molar-refractivity contribution in [1.82, 2.24) is 14.9 Å². The Balaban J connectivity index is 1.53. The number of carbonyl (C=O) groups excluding carboxylic acids is 1. The minimum absolute atomic E-state index is 0.0879. The number of nitrogens with one attached hydrogen (secondary N) is 1. The van der Waals surface area contributed by atoms with E-state index < -0.39 is 0 Å². The summed E-state index contributed by atoms with van der Waals surface area (Å²) in [5.41, 5.74) is 0. The molecule has 1 aromatic heterocycles. The van der Waals surface area contributed by atoms with Gasteiger partial charge in [0.25, 0.3) is 0 Å². The van der Waals surface area contributed by atoms with Gasteiger partial charge < -0.3 is 19.4 Å². The lowest BCUT2D eigenvalue weighted by Crippen LogP contribution is -2.32. The average Bonchev–Trinajstić information content (AvgIpc) is 2.86. The van der Waals surface area contributed by atoms with E-state index in [1.54, 1.807) is 6.20 Å². The highest BCUT2D eigenvalue weighted by molar-refractivity contribution is 5.77. The van der Waals surface area contributed by atoms with Crippen molar-refractivity contribution in [2.75, 3.05) is 26.4 Å². The van der Waals surface area contributed by atoms with Gasteiger partial charge in [-0.15, -0.1) is 0 Å². The van der Waals surface area contributed by atoms with Gasteiger partial charge in [0.1, 0.15) is 12.4 Å². The van der Waals surface area contributed by atoms with Crippen LogP contribution >= 0.6 is 0 Å². The molecule has 6 nitrogen and oxygen atoms in total. The Labute approximate surface area is 119 Å². The predicted molar refractivity (Wildman–Crippen MR) is 74.3 cm³/mol. The lowest BCUT2D eigenvalue weighted by Gasteiger charge is -2.22. The van der Waals surface area contributed by atoms with Crippen LogP contribution in [0.2, 0.25) is 0 Å². The molecule has 0 radical (unpaired) electrons. The molecule has 112 valence electrons. The monoisotopic (exact) mass is 281 g/mol. The summed E-state index contributed by atoms with van der Waals surface area (Å²) in [5.74, 6) is 0.872. The van der Waals surface area contributed by atoms with Gasteiger partial charge in [-0.1, -0.05) is 0 Å². The Morgan fingerprint density at radius 3 is 3.20 bits per heavy atom. The third-order valence-electron chi connectivity index (χ3n) is 3.40. The Morgan fingerprint density at radius 2 is 2.50 bits per heavy atom. The van der Waals surface area contributed by atoms with Crippen molar-refractivity contribution in [3.8, 4) is 0 Å². The fourth-order valence-electron chi connectivity index (χ4n) is 2.22. The molecule has 2 heterocycles. The van der Waals surface area contributed by atoms with Gasteiger partial charge in [0.15, 0.2) is 0 Å². The van der Waals surface area contributed by atoms with Crippen LogP contribution in [0.25, 0.3) is 0 Å². The minimum atomic E-state index is -0.0879. The van der Waals surface area contributed by atoms with Gasteiger partial charge >= 0.3 is 0 Å². The Bertz CT molecular complexity index is 414. The maximum absolute atomic E-state index is 11.6. The maximum atomic E-state index is 11.6. The van der Waals surface area contributed by atoms with Gasteiger partial charge in [0, 0.05) is 39.0 Å². The summed E-state index contributed by atoms with van der Waals surface area (Å²) >= 11 is 0. The maximum Gasteiger partial charge on any atom is 0.246 e. The van der Waals surface area contributed by atoms with E-state index in [0.29, 0.717) is 13.2 Å². The normalized spacial score (nSPS) is 18.9. The van der Waals surface area contributed by atoms with Crippen LogP contribution in [0.15, 0.2) is 12.4 Å². The van der Waals surface area contributed by atoms with Gasteiger partial charge in [0.2, 0.25) is 5.91 Å². The molecule has 0 unspecified atom stereocenters. The zero-order valence-corrected chi connectivity index (χ0v) is 12.0. The van der Waals surface area contributed by atoms with Gasteiger partial charge in [-0.25, -0.2) is 4.98 Å². The standard InChI is InChI=1S/C14H23N3O3/c1-17-8-7-15-13(17)5-6-16-14(18)11-19-10-12-4-2-3-9-20-12/h7-8,12H,2-6,9-11H2,1H3,(H,16,18)/t12-/m1/s1. The number of imidazole rings is 1. The zero-order chi connectivity index (χ0) is 14.2. The Kier molecular flexibility index (Phi) is 6.01. The number of aromatic nitrogens is 2. The number of carbonyl (C=O) groups is 1. The summed E-state index contributed by atoms with van der Waals surface area (Å²) < 4.78 is 12.9. The van der Waals surface area contributed by atoms with Crippen molar-refractivity contribution >= 4 is 5.91 Å². The summed E-state index contributed by atoms with van der Waals surface area (Å²) in [7, 11) is 1.94. The van der Waals surface area contributed by atoms with Crippen molar-refractivity contribution in [2.24, 2.45) is 7.05 Å². The molecule has 0 spiro atoms. The van der Waals surface area contributed by atoms with E-state index in [2.05, 4.69) is 10.3 Å². The molecule has 1 fully saturated rings. The van der Waals surface area contributed by atoms with Crippen molar-refractivity contribution in [3.05, 3.63) is 18.2 Å². The molecule has 0 bridgehead atoms. The van der Waals surface area contributed by atoms with Gasteiger partial charge in [0.05, 0.1) is 12.7 Å². The molecule has 1 saturated heterocycles. The first-order valence-corrected chi connectivity index (χ1v) is 7.18. The molecule has 1 aromatic rings. The quantitative estimate of drug-likeness (QED) is 0.797. The minimum Gasteiger partial charge on any atom is -0.376 e. The summed E-state index contributed by atoms with van der Waals surface area (Å²) in [6, 6.07) is 0. The highest BCUT2D eigenvalue weighted by Gasteiger charge is 2.14. The largest absolute Gasteiger partial charge is 0.376 e.